The zero-order chi connectivity index (χ0) is 15.4. The van der Waals surface area contributed by atoms with Crippen LogP contribution in [-0.2, 0) is 6.42 Å². The van der Waals surface area contributed by atoms with Crippen molar-refractivity contribution in [2.75, 3.05) is 6.54 Å². The standard InChI is InChI=1S/C20H27N/c1-6-21-20(18-11-10-14(2)12-17(18)5)13-19-15(3)8-7-9-16(19)4/h7-12,20-21H,6,13H2,1-5H3. The number of hydrogen-bond donors (Lipinski definition) is 1. The van der Waals surface area contributed by atoms with Crippen molar-refractivity contribution in [2.45, 2.75) is 47.1 Å². The maximum absolute atomic E-state index is 3.66. The van der Waals surface area contributed by atoms with Gasteiger partial charge in [0.25, 0.3) is 0 Å². The lowest BCUT2D eigenvalue weighted by molar-refractivity contribution is 0.545. The molecule has 0 radical (unpaired) electrons. The fourth-order valence-electron chi connectivity index (χ4n) is 3.13. The molecule has 0 saturated carbocycles. The molecule has 0 heterocycles. The summed E-state index contributed by atoms with van der Waals surface area (Å²) >= 11 is 0. The van der Waals surface area contributed by atoms with Crippen molar-refractivity contribution < 1.29 is 0 Å². The van der Waals surface area contributed by atoms with Crippen LogP contribution in [0.1, 0.15) is 46.3 Å². The molecule has 2 rings (SSSR count). The SMILES string of the molecule is CCNC(Cc1c(C)cccc1C)c1ccc(C)cc1C. The third kappa shape index (κ3) is 3.74. The van der Waals surface area contributed by atoms with E-state index in [4.69, 9.17) is 0 Å². The van der Waals surface area contributed by atoms with Crippen molar-refractivity contribution in [3.05, 3.63) is 69.8 Å². The number of benzene rings is 2. The second-order valence-electron chi connectivity index (χ2n) is 6.04. The molecule has 112 valence electrons. The lowest BCUT2D eigenvalue weighted by Gasteiger charge is -2.23. The van der Waals surface area contributed by atoms with Crippen LogP contribution in [-0.4, -0.2) is 6.54 Å². The minimum Gasteiger partial charge on any atom is -0.310 e. The normalized spacial score (nSPS) is 12.4. The lowest BCUT2D eigenvalue weighted by atomic mass is 9.90. The van der Waals surface area contributed by atoms with E-state index >= 15 is 0 Å². The van der Waals surface area contributed by atoms with Gasteiger partial charge in [0, 0.05) is 6.04 Å². The van der Waals surface area contributed by atoms with Gasteiger partial charge in [-0.2, -0.15) is 0 Å². The van der Waals surface area contributed by atoms with Crippen LogP contribution in [0.5, 0.6) is 0 Å². The second-order valence-corrected chi connectivity index (χ2v) is 6.04. The molecule has 0 amide bonds. The fourth-order valence-corrected chi connectivity index (χ4v) is 3.13. The Labute approximate surface area is 129 Å². The molecule has 0 bridgehead atoms. The van der Waals surface area contributed by atoms with E-state index in [1.165, 1.54) is 33.4 Å². The highest BCUT2D eigenvalue weighted by molar-refractivity contribution is 5.38. The summed E-state index contributed by atoms with van der Waals surface area (Å²) < 4.78 is 0. The summed E-state index contributed by atoms with van der Waals surface area (Å²) in [5.74, 6) is 0. The molecule has 21 heavy (non-hydrogen) atoms. The predicted octanol–water partition coefficient (Wildman–Crippen LogP) is 4.81. The monoisotopic (exact) mass is 281 g/mol. The predicted molar refractivity (Wildman–Crippen MR) is 92.0 cm³/mol. The highest BCUT2D eigenvalue weighted by Gasteiger charge is 2.15. The molecule has 2 aromatic carbocycles. The van der Waals surface area contributed by atoms with Gasteiger partial charge in [-0.3, -0.25) is 0 Å². The number of aryl methyl sites for hydroxylation is 4. The van der Waals surface area contributed by atoms with Crippen LogP contribution >= 0.6 is 0 Å². The topological polar surface area (TPSA) is 12.0 Å². The third-order valence-corrected chi connectivity index (χ3v) is 4.30. The van der Waals surface area contributed by atoms with Crippen LogP contribution < -0.4 is 5.32 Å². The molecule has 0 aliphatic carbocycles. The highest BCUT2D eigenvalue weighted by Crippen LogP contribution is 2.25. The van der Waals surface area contributed by atoms with Gasteiger partial charge in [-0.05, 0) is 68.5 Å². The molecule has 1 unspecified atom stereocenters. The van der Waals surface area contributed by atoms with Crippen molar-refractivity contribution >= 4 is 0 Å². The zero-order valence-electron chi connectivity index (χ0n) is 14.0. The lowest BCUT2D eigenvalue weighted by Crippen LogP contribution is -2.24. The van der Waals surface area contributed by atoms with Gasteiger partial charge in [0.05, 0.1) is 0 Å². The Morgan fingerprint density at radius 1 is 0.905 bits per heavy atom. The van der Waals surface area contributed by atoms with Crippen LogP contribution in [0.3, 0.4) is 0 Å². The van der Waals surface area contributed by atoms with E-state index in [9.17, 15) is 0 Å². The van der Waals surface area contributed by atoms with Gasteiger partial charge in [0.15, 0.2) is 0 Å². The van der Waals surface area contributed by atoms with Crippen molar-refractivity contribution in [3.63, 3.8) is 0 Å². The molecule has 0 fully saturated rings. The highest BCUT2D eigenvalue weighted by atomic mass is 14.9. The van der Waals surface area contributed by atoms with Crippen LogP contribution in [0.15, 0.2) is 36.4 Å². The molecule has 1 N–H and O–H groups in total. The van der Waals surface area contributed by atoms with E-state index in [-0.39, 0.29) is 0 Å². The first-order valence-corrected chi connectivity index (χ1v) is 7.88. The van der Waals surface area contributed by atoms with Gasteiger partial charge < -0.3 is 5.32 Å². The van der Waals surface area contributed by atoms with Crippen molar-refractivity contribution in [2.24, 2.45) is 0 Å². The summed E-state index contributed by atoms with van der Waals surface area (Å²) in [5.41, 5.74) is 8.39. The van der Waals surface area contributed by atoms with Crippen molar-refractivity contribution in [3.8, 4) is 0 Å². The Hall–Kier alpha value is -1.60. The Morgan fingerprint density at radius 3 is 2.14 bits per heavy atom. The van der Waals surface area contributed by atoms with Gasteiger partial charge in [0.1, 0.15) is 0 Å². The molecular weight excluding hydrogens is 254 g/mol. The molecule has 1 nitrogen and oxygen atoms in total. The molecule has 0 aliphatic rings. The second kappa shape index (κ2) is 6.91. The number of hydrogen-bond acceptors (Lipinski definition) is 1. The van der Waals surface area contributed by atoms with Crippen LogP contribution in [0, 0.1) is 27.7 Å². The summed E-state index contributed by atoms with van der Waals surface area (Å²) in [7, 11) is 0. The van der Waals surface area contributed by atoms with E-state index in [0.717, 1.165) is 13.0 Å². The first-order valence-electron chi connectivity index (χ1n) is 7.88. The van der Waals surface area contributed by atoms with Crippen molar-refractivity contribution in [1.82, 2.24) is 5.32 Å². The van der Waals surface area contributed by atoms with E-state index in [1.54, 1.807) is 0 Å². The van der Waals surface area contributed by atoms with Crippen LogP contribution in [0.25, 0.3) is 0 Å². The van der Waals surface area contributed by atoms with Crippen LogP contribution in [0.4, 0.5) is 0 Å². The van der Waals surface area contributed by atoms with Gasteiger partial charge in [-0.25, -0.2) is 0 Å². The Bertz CT molecular complexity index is 593. The quantitative estimate of drug-likeness (QED) is 0.829. The maximum Gasteiger partial charge on any atom is 0.0363 e. The largest absolute Gasteiger partial charge is 0.310 e. The van der Waals surface area contributed by atoms with Gasteiger partial charge >= 0.3 is 0 Å². The third-order valence-electron chi connectivity index (χ3n) is 4.30. The molecule has 0 saturated heterocycles. The summed E-state index contributed by atoms with van der Waals surface area (Å²) in [6.45, 7) is 12.0. The molecule has 0 spiro atoms. The first kappa shape index (κ1) is 15.8. The number of nitrogens with one attached hydrogen (secondary N) is 1. The summed E-state index contributed by atoms with van der Waals surface area (Å²) in [6, 6.07) is 13.7. The van der Waals surface area contributed by atoms with Crippen LogP contribution in [0.2, 0.25) is 0 Å². The molecule has 1 heteroatoms. The Morgan fingerprint density at radius 2 is 1.57 bits per heavy atom. The number of rotatable bonds is 5. The van der Waals surface area contributed by atoms with E-state index in [1.807, 2.05) is 0 Å². The zero-order valence-corrected chi connectivity index (χ0v) is 14.0. The molecule has 0 aliphatic heterocycles. The first-order chi connectivity index (χ1) is 10.0. The molecular formula is C20H27N. The average Bonchev–Trinajstić information content (AvgIpc) is 2.42. The summed E-state index contributed by atoms with van der Waals surface area (Å²) in [6.07, 6.45) is 1.05. The maximum atomic E-state index is 3.66. The average molecular weight is 281 g/mol. The minimum absolute atomic E-state index is 0.385. The summed E-state index contributed by atoms with van der Waals surface area (Å²) in [5, 5.41) is 3.66. The molecule has 1 atom stereocenters. The molecule has 0 aromatic heterocycles. The Balaban J connectivity index is 2.35. The minimum atomic E-state index is 0.385. The smallest absolute Gasteiger partial charge is 0.0363 e. The van der Waals surface area contributed by atoms with E-state index in [0.29, 0.717) is 6.04 Å². The Kier molecular flexibility index (Phi) is 5.19. The number of likely N-dealkylation sites (N-methyl/N-ethyl adjacent to an activating group) is 1. The van der Waals surface area contributed by atoms with E-state index < -0.39 is 0 Å². The van der Waals surface area contributed by atoms with Gasteiger partial charge in [0.2, 0.25) is 0 Å². The molecule has 2 aromatic rings. The van der Waals surface area contributed by atoms with E-state index in [2.05, 4.69) is 76.3 Å². The van der Waals surface area contributed by atoms with Crippen molar-refractivity contribution in [1.29, 1.82) is 0 Å². The fraction of sp³-hybridized carbons (Fsp3) is 0.400. The van der Waals surface area contributed by atoms with Gasteiger partial charge in [-0.15, -0.1) is 0 Å². The summed E-state index contributed by atoms with van der Waals surface area (Å²) in [4.78, 5) is 0. The van der Waals surface area contributed by atoms with Gasteiger partial charge in [-0.1, -0.05) is 48.9 Å².